The zero-order valence-corrected chi connectivity index (χ0v) is 51.5. The zero-order chi connectivity index (χ0) is 54.8. The van der Waals surface area contributed by atoms with E-state index in [2.05, 4.69) is 79.9 Å². The van der Waals surface area contributed by atoms with Crippen LogP contribution in [0.1, 0.15) is 373 Å². The Hall–Kier alpha value is -1.91. The summed E-state index contributed by atoms with van der Waals surface area (Å²) in [6, 6.07) is -0.539. The van der Waals surface area contributed by atoms with Gasteiger partial charge in [-0.25, -0.2) is 0 Å². The molecule has 446 valence electrons. The lowest BCUT2D eigenvalue weighted by atomic mass is 10.0. The highest BCUT2D eigenvalue weighted by Crippen LogP contribution is 2.19. The second-order valence-corrected chi connectivity index (χ2v) is 23.6. The molecule has 0 aromatic heterocycles. The number of aliphatic hydroxyl groups is 2. The lowest BCUT2D eigenvalue weighted by Gasteiger charge is -2.22. The molecule has 0 aliphatic rings. The van der Waals surface area contributed by atoms with Crippen LogP contribution in [-0.4, -0.2) is 34.9 Å². The molecule has 4 heteroatoms. The Kier molecular flexibility index (Phi) is 65.7. The summed E-state index contributed by atoms with van der Waals surface area (Å²) < 4.78 is 0. The Morgan fingerprint density at radius 3 is 0.868 bits per heavy atom. The summed E-state index contributed by atoms with van der Waals surface area (Å²) >= 11 is 0. The van der Waals surface area contributed by atoms with E-state index in [-0.39, 0.29) is 12.5 Å². The van der Waals surface area contributed by atoms with Crippen LogP contribution >= 0.6 is 0 Å². The first-order valence-corrected chi connectivity index (χ1v) is 34.5. The van der Waals surface area contributed by atoms with Crippen molar-refractivity contribution in [3.8, 4) is 0 Å². The van der Waals surface area contributed by atoms with Crippen molar-refractivity contribution in [1.29, 1.82) is 0 Å². The van der Waals surface area contributed by atoms with E-state index in [1.54, 1.807) is 0 Å². The third-order valence-electron chi connectivity index (χ3n) is 16.0. The highest BCUT2D eigenvalue weighted by molar-refractivity contribution is 5.76. The third-order valence-corrected chi connectivity index (χ3v) is 16.0. The van der Waals surface area contributed by atoms with Gasteiger partial charge in [0.05, 0.1) is 18.8 Å². The fraction of sp³-hybridized carbons (Fsp3) is 0.847. The van der Waals surface area contributed by atoms with Crippen LogP contribution < -0.4 is 5.32 Å². The minimum Gasteiger partial charge on any atom is -0.394 e. The fourth-order valence-corrected chi connectivity index (χ4v) is 10.9. The van der Waals surface area contributed by atoms with Crippen molar-refractivity contribution >= 4 is 5.91 Å². The van der Waals surface area contributed by atoms with Crippen molar-refractivity contribution in [3.05, 3.63) is 60.8 Å². The number of aliphatic hydroxyl groups excluding tert-OH is 2. The first-order chi connectivity index (χ1) is 37.7. The molecule has 0 bridgehead atoms. The molecule has 3 N–H and O–H groups in total. The van der Waals surface area contributed by atoms with Crippen LogP contribution in [0.25, 0.3) is 0 Å². The molecule has 2 unspecified atom stereocenters. The van der Waals surface area contributed by atoms with Gasteiger partial charge in [0, 0.05) is 6.42 Å². The number of hydrogen-bond acceptors (Lipinski definition) is 3. The summed E-state index contributed by atoms with van der Waals surface area (Å²) in [5, 5.41) is 23.5. The Morgan fingerprint density at radius 1 is 0.329 bits per heavy atom. The number of hydrogen-bond donors (Lipinski definition) is 3. The van der Waals surface area contributed by atoms with Crippen molar-refractivity contribution in [2.75, 3.05) is 6.61 Å². The van der Waals surface area contributed by atoms with Gasteiger partial charge in [0.15, 0.2) is 0 Å². The summed E-state index contributed by atoms with van der Waals surface area (Å²) in [7, 11) is 0. The second-order valence-electron chi connectivity index (χ2n) is 23.6. The summed E-state index contributed by atoms with van der Waals surface area (Å²) in [6.07, 6.45) is 95.6. The second kappa shape index (κ2) is 67.4. The minimum atomic E-state index is -0.662. The third kappa shape index (κ3) is 62.9. The van der Waals surface area contributed by atoms with Gasteiger partial charge >= 0.3 is 0 Å². The number of allylic oxidation sites excluding steroid dienone is 10. The maximum absolute atomic E-state index is 12.6. The monoisotopic (exact) mass is 1060 g/mol. The van der Waals surface area contributed by atoms with Crippen LogP contribution in [0.5, 0.6) is 0 Å². The van der Waals surface area contributed by atoms with Crippen molar-refractivity contribution in [2.24, 2.45) is 0 Å². The predicted molar refractivity (Wildman–Crippen MR) is 341 cm³/mol. The quantitative estimate of drug-likeness (QED) is 0.0420. The van der Waals surface area contributed by atoms with Crippen molar-refractivity contribution in [3.63, 3.8) is 0 Å². The topological polar surface area (TPSA) is 69.6 Å². The van der Waals surface area contributed by atoms with Crippen LogP contribution in [0, 0.1) is 0 Å². The first kappa shape index (κ1) is 74.1. The number of carbonyl (C=O) groups excluding carboxylic acids is 1. The highest BCUT2D eigenvalue weighted by atomic mass is 16.3. The van der Waals surface area contributed by atoms with Gasteiger partial charge in [0.1, 0.15) is 0 Å². The smallest absolute Gasteiger partial charge is 0.220 e. The number of amides is 1. The lowest BCUT2D eigenvalue weighted by molar-refractivity contribution is -0.123. The molecule has 0 aliphatic heterocycles. The van der Waals surface area contributed by atoms with Gasteiger partial charge in [-0.05, 0) is 57.8 Å². The summed E-state index contributed by atoms with van der Waals surface area (Å²) in [5.41, 5.74) is 0. The first-order valence-electron chi connectivity index (χ1n) is 34.5. The normalized spacial score (nSPS) is 13.1. The van der Waals surface area contributed by atoms with E-state index in [0.717, 1.165) is 57.8 Å². The number of unbranched alkanes of at least 4 members (excludes halogenated alkanes) is 47. The molecule has 76 heavy (non-hydrogen) atoms. The van der Waals surface area contributed by atoms with E-state index in [1.807, 2.05) is 0 Å². The van der Waals surface area contributed by atoms with Gasteiger partial charge in [-0.3, -0.25) is 4.79 Å². The van der Waals surface area contributed by atoms with Crippen LogP contribution in [0.2, 0.25) is 0 Å². The fourth-order valence-electron chi connectivity index (χ4n) is 10.9. The highest BCUT2D eigenvalue weighted by Gasteiger charge is 2.20. The Bertz CT molecular complexity index is 1250. The predicted octanol–water partition coefficient (Wildman–Crippen LogP) is 23.5. The molecule has 0 aliphatic carbocycles. The van der Waals surface area contributed by atoms with E-state index in [0.29, 0.717) is 12.8 Å². The van der Waals surface area contributed by atoms with Gasteiger partial charge in [0.2, 0.25) is 5.91 Å². The van der Waals surface area contributed by atoms with Gasteiger partial charge in [-0.1, -0.05) is 370 Å². The molecule has 0 spiro atoms. The summed E-state index contributed by atoms with van der Waals surface area (Å²) in [6.45, 7) is 4.28. The molecule has 4 nitrogen and oxygen atoms in total. The average molecular weight is 1060 g/mol. The zero-order valence-electron chi connectivity index (χ0n) is 51.5. The van der Waals surface area contributed by atoms with E-state index < -0.39 is 12.1 Å². The van der Waals surface area contributed by atoms with Gasteiger partial charge in [-0.15, -0.1) is 0 Å². The Labute approximate surface area is 477 Å². The summed E-state index contributed by atoms with van der Waals surface area (Å²) in [5.74, 6) is -0.0259. The minimum absolute atomic E-state index is 0.0259. The molecule has 0 fully saturated rings. The lowest BCUT2D eigenvalue weighted by Crippen LogP contribution is -2.45. The maximum Gasteiger partial charge on any atom is 0.220 e. The van der Waals surface area contributed by atoms with E-state index >= 15 is 0 Å². The van der Waals surface area contributed by atoms with Crippen LogP contribution in [0.3, 0.4) is 0 Å². The Morgan fingerprint density at radius 2 is 0.579 bits per heavy atom. The van der Waals surface area contributed by atoms with Gasteiger partial charge in [-0.2, -0.15) is 0 Å². The standard InChI is InChI=1S/C72H135NO3/c1-3-5-7-9-11-13-15-17-19-21-23-25-27-29-31-33-35-36-38-40-42-44-46-48-50-52-54-56-58-60-62-64-66-68-72(76)73-70(69-74)71(75)67-65-63-61-59-57-55-53-51-49-47-45-43-41-39-37-34-32-30-28-26-24-22-20-18-16-14-12-10-8-6-4-2/h5,7,11,13,17,19,23,25,29,31,70-71,74-75H,3-4,6,8-10,12,14-16,18,20-22,24,26-28,30,32-69H2,1-2H3,(H,73,76)/b7-5-,13-11-,19-17-,25-23-,31-29-. The Balaban J connectivity index is 3.41. The van der Waals surface area contributed by atoms with Crippen LogP contribution in [0.15, 0.2) is 60.8 Å². The maximum atomic E-state index is 12.6. The number of carbonyl (C=O) groups is 1. The molecular formula is C72H135NO3. The van der Waals surface area contributed by atoms with Crippen LogP contribution in [0.4, 0.5) is 0 Å². The van der Waals surface area contributed by atoms with E-state index in [1.165, 1.54) is 289 Å². The van der Waals surface area contributed by atoms with Gasteiger partial charge < -0.3 is 15.5 Å². The van der Waals surface area contributed by atoms with Crippen molar-refractivity contribution < 1.29 is 15.0 Å². The molecular weight excluding hydrogens is 927 g/mol. The molecule has 0 aromatic rings. The molecule has 0 rings (SSSR count). The average Bonchev–Trinajstić information content (AvgIpc) is 3.42. The van der Waals surface area contributed by atoms with Crippen molar-refractivity contribution in [1.82, 2.24) is 5.32 Å². The molecule has 0 heterocycles. The summed E-state index contributed by atoms with van der Waals surface area (Å²) in [4.78, 5) is 12.6. The van der Waals surface area contributed by atoms with E-state index in [9.17, 15) is 15.0 Å². The molecule has 1 amide bonds. The molecule has 0 saturated carbocycles. The number of rotatable bonds is 64. The van der Waals surface area contributed by atoms with Crippen LogP contribution in [-0.2, 0) is 4.79 Å². The molecule has 0 radical (unpaired) electrons. The molecule has 0 saturated heterocycles. The van der Waals surface area contributed by atoms with Crippen molar-refractivity contribution in [2.45, 2.75) is 386 Å². The SMILES string of the molecule is CC/C=C\C/C=C\C/C=C\C/C=C\C/C=C\CCCCCCCCCCCCCCCCCCCC(=O)NC(CO)C(O)CCCCCCCCCCCCCCCCCCCCCCCCCCCCCCCCC. The number of nitrogens with one attached hydrogen (secondary N) is 1. The molecule has 0 aromatic carbocycles. The van der Waals surface area contributed by atoms with E-state index in [4.69, 9.17) is 0 Å². The largest absolute Gasteiger partial charge is 0.394 e. The van der Waals surface area contributed by atoms with Gasteiger partial charge in [0.25, 0.3) is 0 Å². The molecule has 2 atom stereocenters.